The molecule has 2 unspecified atom stereocenters. The van der Waals surface area contributed by atoms with Gasteiger partial charge in [0.25, 0.3) is 5.69 Å². The number of pyridine rings is 1. The molecule has 1 aromatic rings. The molecule has 102 valence electrons. The lowest BCUT2D eigenvalue weighted by Gasteiger charge is -2.16. The SMILES string of the molecule is Cc1cc(C(O)C(O)CCN=[N+]=[N-])ncc1[N+](=O)[O-]. The quantitative estimate of drug-likeness (QED) is 0.263. The summed E-state index contributed by atoms with van der Waals surface area (Å²) in [5, 5.41) is 33.3. The zero-order chi connectivity index (χ0) is 14.4. The van der Waals surface area contributed by atoms with Gasteiger partial charge in [-0.05, 0) is 24.9 Å². The Bertz CT molecular complexity index is 515. The van der Waals surface area contributed by atoms with E-state index in [2.05, 4.69) is 15.0 Å². The highest BCUT2D eigenvalue weighted by molar-refractivity contribution is 5.38. The number of aliphatic hydroxyl groups excluding tert-OH is 2. The Labute approximate surface area is 108 Å². The molecule has 0 fully saturated rings. The number of aromatic nitrogens is 1. The lowest BCUT2D eigenvalue weighted by atomic mass is 10.1. The van der Waals surface area contributed by atoms with Gasteiger partial charge in [0.15, 0.2) is 0 Å². The topological polar surface area (TPSA) is 145 Å². The highest BCUT2D eigenvalue weighted by atomic mass is 16.6. The van der Waals surface area contributed by atoms with Crippen LogP contribution in [-0.4, -0.2) is 32.8 Å². The summed E-state index contributed by atoms with van der Waals surface area (Å²) in [5.41, 5.74) is 8.42. The van der Waals surface area contributed by atoms with Crippen molar-refractivity contribution in [3.63, 3.8) is 0 Å². The fraction of sp³-hybridized carbons (Fsp3) is 0.500. The molecule has 0 aliphatic carbocycles. The molecule has 0 aliphatic heterocycles. The molecular formula is C10H13N5O4. The third kappa shape index (κ3) is 3.88. The molecule has 0 aliphatic rings. The first kappa shape index (κ1) is 14.8. The second-order valence-corrected chi connectivity index (χ2v) is 3.91. The van der Waals surface area contributed by atoms with Gasteiger partial charge >= 0.3 is 0 Å². The van der Waals surface area contributed by atoms with Crippen molar-refractivity contribution in [2.45, 2.75) is 25.6 Å². The molecule has 0 spiro atoms. The molecule has 2 N–H and O–H groups in total. The number of aliphatic hydroxyl groups is 2. The van der Waals surface area contributed by atoms with E-state index in [9.17, 15) is 20.3 Å². The molecule has 0 amide bonds. The Morgan fingerprint density at radius 1 is 1.63 bits per heavy atom. The third-order valence-electron chi connectivity index (χ3n) is 2.56. The van der Waals surface area contributed by atoms with Gasteiger partial charge in [0.1, 0.15) is 12.3 Å². The number of nitro groups is 1. The van der Waals surface area contributed by atoms with Gasteiger partial charge in [0, 0.05) is 17.0 Å². The average Bonchev–Trinajstić information content (AvgIpc) is 2.37. The molecule has 1 rings (SSSR count). The zero-order valence-electron chi connectivity index (χ0n) is 10.2. The van der Waals surface area contributed by atoms with E-state index in [0.29, 0.717) is 5.56 Å². The van der Waals surface area contributed by atoms with Crippen LogP contribution in [0.3, 0.4) is 0 Å². The van der Waals surface area contributed by atoms with Crippen LogP contribution < -0.4 is 0 Å². The molecule has 0 saturated carbocycles. The second kappa shape index (κ2) is 6.64. The largest absolute Gasteiger partial charge is 0.390 e. The Hall–Kier alpha value is -2.22. The molecule has 0 aromatic carbocycles. The summed E-state index contributed by atoms with van der Waals surface area (Å²) in [5.74, 6) is 0. The lowest BCUT2D eigenvalue weighted by molar-refractivity contribution is -0.385. The number of azide groups is 1. The monoisotopic (exact) mass is 267 g/mol. The molecule has 1 aromatic heterocycles. The van der Waals surface area contributed by atoms with Crippen molar-refractivity contribution in [3.8, 4) is 0 Å². The second-order valence-electron chi connectivity index (χ2n) is 3.91. The van der Waals surface area contributed by atoms with E-state index in [1.54, 1.807) is 0 Å². The standard InChI is InChI=1S/C10H13N5O4/c1-6-4-7(12-5-8(6)15(18)19)10(17)9(16)2-3-13-14-11/h4-5,9-10,16-17H,2-3H2,1H3. The van der Waals surface area contributed by atoms with Crippen molar-refractivity contribution >= 4 is 5.69 Å². The molecule has 2 atom stereocenters. The summed E-state index contributed by atoms with van der Waals surface area (Å²) in [6.45, 7) is 1.56. The smallest absolute Gasteiger partial charge is 0.290 e. The van der Waals surface area contributed by atoms with Crippen LogP contribution in [0.1, 0.15) is 23.8 Å². The van der Waals surface area contributed by atoms with Crippen LogP contribution in [0.2, 0.25) is 0 Å². The number of rotatable bonds is 6. The number of hydrogen-bond acceptors (Lipinski definition) is 6. The zero-order valence-corrected chi connectivity index (χ0v) is 10.2. The Balaban J connectivity index is 2.82. The van der Waals surface area contributed by atoms with Gasteiger partial charge in [-0.15, -0.1) is 0 Å². The predicted octanol–water partition coefficient (Wildman–Crippen LogP) is 1.39. The first-order valence-corrected chi connectivity index (χ1v) is 5.45. The lowest BCUT2D eigenvalue weighted by Crippen LogP contribution is -2.20. The van der Waals surface area contributed by atoms with Gasteiger partial charge < -0.3 is 10.2 Å². The Morgan fingerprint density at radius 3 is 2.84 bits per heavy atom. The highest BCUT2D eigenvalue weighted by Gasteiger charge is 2.21. The maximum atomic E-state index is 10.6. The van der Waals surface area contributed by atoms with Gasteiger partial charge in [-0.25, -0.2) is 0 Å². The Morgan fingerprint density at radius 2 is 2.32 bits per heavy atom. The average molecular weight is 267 g/mol. The van der Waals surface area contributed by atoms with Gasteiger partial charge in [-0.1, -0.05) is 5.11 Å². The van der Waals surface area contributed by atoms with Crippen molar-refractivity contribution in [2.75, 3.05) is 6.54 Å². The molecule has 19 heavy (non-hydrogen) atoms. The first-order chi connectivity index (χ1) is 8.97. The van der Waals surface area contributed by atoms with Crippen molar-refractivity contribution in [3.05, 3.63) is 44.1 Å². The van der Waals surface area contributed by atoms with E-state index in [0.717, 1.165) is 6.20 Å². The van der Waals surface area contributed by atoms with Crippen LogP contribution >= 0.6 is 0 Å². The van der Waals surface area contributed by atoms with Crippen molar-refractivity contribution < 1.29 is 15.1 Å². The van der Waals surface area contributed by atoms with Crippen molar-refractivity contribution in [1.82, 2.24) is 4.98 Å². The number of aryl methyl sites for hydroxylation is 1. The summed E-state index contributed by atoms with van der Waals surface area (Å²) in [6.07, 6.45) is -1.33. The van der Waals surface area contributed by atoms with Gasteiger partial charge in [-0.3, -0.25) is 15.1 Å². The van der Waals surface area contributed by atoms with E-state index in [4.69, 9.17) is 5.53 Å². The van der Waals surface area contributed by atoms with E-state index in [1.165, 1.54) is 13.0 Å². The third-order valence-corrected chi connectivity index (χ3v) is 2.56. The van der Waals surface area contributed by atoms with E-state index >= 15 is 0 Å². The van der Waals surface area contributed by atoms with Crippen molar-refractivity contribution in [2.24, 2.45) is 5.11 Å². The molecule has 9 heteroatoms. The minimum atomic E-state index is -1.28. The highest BCUT2D eigenvalue weighted by Crippen LogP contribution is 2.22. The summed E-state index contributed by atoms with van der Waals surface area (Å²) < 4.78 is 0. The molecule has 0 radical (unpaired) electrons. The van der Waals surface area contributed by atoms with Crippen LogP contribution in [0.15, 0.2) is 17.4 Å². The molecule has 9 nitrogen and oxygen atoms in total. The fourth-order valence-electron chi connectivity index (χ4n) is 1.51. The predicted molar refractivity (Wildman–Crippen MR) is 65.2 cm³/mol. The van der Waals surface area contributed by atoms with E-state index in [1.807, 2.05) is 0 Å². The van der Waals surface area contributed by atoms with Gasteiger partial charge in [-0.2, -0.15) is 0 Å². The summed E-state index contributed by atoms with van der Waals surface area (Å²) >= 11 is 0. The van der Waals surface area contributed by atoms with Crippen molar-refractivity contribution in [1.29, 1.82) is 0 Å². The van der Waals surface area contributed by atoms with Crippen LogP contribution in [0, 0.1) is 17.0 Å². The normalized spacial score (nSPS) is 13.4. The van der Waals surface area contributed by atoms with E-state index < -0.39 is 17.1 Å². The molecule has 0 bridgehead atoms. The minimum Gasteiger partial charge on any atom is -0.390 e. The number of hydrogen-bond donors (Lipinski definition) is 2. The van der Waals surface area contributed by atoms with E-state index in [-0.39, 0.29) is 24.3 Å². The van der Waals surface area contributed by atoms with Crippen LogP contribution in [0.25, 0.3) is 10.4 Å². The molecular weight excluding hydrogens is 254 g/mol. The first-order valence-electron chi connectivity index (χ1n) is 5.45. The molecule has 1 heterocycles. The van der Waals surface area contributed by atoms with Gasteiger partial charge in [0.05, 0.1) is 16.7 Å². The molecule has 0 saturated heterocycles. The summed E-state index contributed by atoms with van der Waals surface area (Å²) in [7, 11) is 0. The maximum Gasteiger partial charge on any atom is 0.290 e. The number of nitrogens with zero attached hydrogens (tertiary/aromatic N) is 5. The van der Waals surface area contributed by atoms with Crippen LogP contribution in [0.4, 0.5) is 5.69 Å². The van der Waals surface area contributed by atoms with Gasteiger partial charge in [0.2, 0.25) is 0 Å². The van der Waals surface area contributed by atoms with Crippen LogP contribution in [0.5, 0.6) is 0 Å². The summed E-state index contributed by atoms with van der Waals surface area (Å²) in [4.78, 5) is 16.3. The Kier molecular flexibility index (Phi) is 5.19. The minimum absolute atomic E-state index is 0.0424. The van der Waals surface area contributed by atoms with Crippen LogP contribution in [-0.2, 0) is 0 Å². The maximum absolute atomic E-state index is 10.6. The summed E-state index contributed by atoms with van der Waals surface area (Å²) in [6, 6.07) is 1.35. The fourth-order valence-corrected chi connectivity index (χ4v) is 1.51.